The van der Waals surface area contributed by atoms with Gasteiger partial charge < -0.3 is 20.4 Å². The van der Waals surface area contributed by atoms with Gasteiger partial charge in [-0.3, -0.25) is 9.79 Å². The molecule has 3 aliphatic rings. The van der Waals surface area contributed by atoms with Crippen molar-refractivity contribution in [1.82, 2.24) is 20.4 Å². The maximum atomic E-state index is 12.6. The number of carbonyl (C=O) groups is 1. The third-order valence-corrected chi connectivity index (χ3v) is 6.12. The Hall–Kier alpha value is -0.570. The summed E-state index contributed by atoms with van der Waals surface area (Å²) >= 11 is 0. The van der Waals surface area contributed by atoms with Crippen molar-refractivity contribution in [3.63, 3.8) is 0 Å². The predicted octanol–water partition coefficient (Wildman–Crippen LogP) is 2.29. The molecule has 6 nitrogen and oxygen atoms in total. The monoisotopic (exact) mass is 491 g/mol. The lowest BCUT2D eigenvalue weighted by Gasteiger charge is -2.29. The zero-order valence-electron chi connectivity index (χ0n) is 17.1. The Morgan fingerprint density at radius 2 is 1.85 bits per heavy atom. The molecule has 0 aromatic carbocycles. The highest BCUT2D eigenvalue weighted by Crippen LogP contribution is 2.27. The fraction of sp³-hybridized carbons (Fsp3) is 0.900. The molecule has 2 aliphatic heterocycles. The van der Waals surface area contributed by atoms with E-state index in [-0.39, 0.29) is 24.0 Å². The maximum Gasteiger partial charge on any atom is 0.225 e. The quantitative estimate of drug-likeness (QED) is 0.352. The molecule has 156 valence electrons. The maximum absolute atomic E-state index is 12.6. The van der Waals surface area contributed by atoms with Gasteiger partial charge in [0.25, 0.3) is 0 Å². The summed E-state index contributed by atoms with van der Waals surface area (Å²) in [6.45, 7) is 7.94. The number of aliphatic imine (C=N–C) groups is 1. The van der Waals surface area contributed by atoms with Gasteiger partial charge in [0, 0.05) is 44.7 Å². The lowest BCUT2D eigenvalue weighted by atomic mass is 9.99. The van der Waals surface area contributed by atoms with E-state index in [2.05, 4.69) is 34.4 Å². The lowest BCUT2D eigenvalue weighted by molar-refractivity contribution is -0.134. The molecule has 2 heterocycles. The number of hydrogen-bond donors (Lipinski definition) is 2. The van der Waals surface area contributed by atoms with Gasteiger partial charge in [0.05, 0.1) is 0 Å². The Balaban J connectivity index is 0.00000261. The number of hydrogen-bond acceptors (Lipinski definition) is 3. The minimum Gasteiger partial charge on any atom is -0.357 e. The van der Waals surface area contributed by atoms with E-state index in [0.29, 0.717) is 23.8 Å². The Kier molecular flexibility index (Phi) is 9.62. The summed E-state index contributed by atoms with van der Waals surface area (Å²) < 4.78 is 0. The minimum absolute atomic E-state index is 0. The molecule has 2 N–H and O–H groups in total. The molecule has 27 heavy (non-hydrogen) atoms. The largest absolute Gasteiger partial charge is 0.357 e. The van der Waals surface area contributed by atoms with Crippen LogP contribution in [0, 0.1) is 11.8 Å². The van der Waals surface area contributed by atoms with Crippen molar-refractivity contribution in [3.05, 3.63) is 0 Å². The Bertz CT molecular complexity index is 495. The third-order valence-electron chi connectivity index (χ3n) is 6.12. The van der Waals surface area contributed by atoms with Crippen LogP contribution in [-0.2, 0) is 4.79 Å². The normalized spacial score (nSPS) is 27.5. The van der Waals surface area contributed by atoms with E-state index < -0.39 is 0 Å². The summed E-state index contributed by atoms with van der Waals surface area (Å²) in [7, 11) is 2.20. The number of halogens is 1. The van der Waals surface area contributed by atoms with Crippen LogP contribution in [0.15, 0.2) is 4.99 Å². The van der Waals surface area contributed by atoms with E-state index in [0.717, 1.165) is 57.9 Å². The molecule has 1 amide bonds. The summed E-state index contributed by atoms with van der Waals surface area (Å²) in [6.07, 6.45) is 8.20. The molecule has 0 spiro atoms. The topological polar surface area (TPSA) is 60.0 Å². The molecule has 2 unspecified atom stereocenters. The van der Waals surface area contributed by atoms with E-state index in [4.69, 9.17) is 4.99 Å². The van der Waals surface area contributed by atoms with Gasteiger partial charge in [0.15, 0.2) is 5.96 Å². The van der Waals surface area contributed by atoms with Gasteiger partial charge in [0.2, 0.25) is 5.91 Å². The smallest absolute Gasteiger partial charge is 0.225 e. The first-order valence-corrected chi connectivity index (χ1v) is 10.7. The molecule has 0 bridgehead atoms. The molecule has 3 rings (SSSR count). The molecule has 0 aromatic rings. The van der Waals surface area contributed by atoms with Crippen LogP contribution < -0.4 is 10.6 Å². The summed E-state index contributed by atoms with van der Waals surface area (Å²) in [5.74, 6) is 2.26. The molecular formula is C20H38IN5O. The number of guanidine groups is 1. The Morgan fingerprint density at radius 3 is 2.56 bits per heavy atom. The van der Waals surface area contributed by atoms with Crippen molar-refractivity contribution in [2.45, 2.75) is 57.9 Å². The van der Waals surface area contributed by atoms with E-state index in [1.54, 1.807) is 0 Å². The van der Waals surface area contributed by atoms with E-state index in [1.165, 1.54) is 32.2 Å². The van der Waals surface area contributed by atoms with Crippen LogP contribution in [0.4, 0.5) is 0 Å². The second-order valence-electron chi connectivity index (χ2n) is 8.39. The summed E-state index contributed by atoms with van der Waals surface area (Å²) in [6, 6.07) is 0.326. The van der Waals surface area contributed by atoms with E-state index in [9.17, 15) is 4.79 Å². The average molecular weight is 491 g/mol. The van der Waals surface area contributed by atoms with Gasteiger partial charge in [-0.25, -0.2) is 0 Å². The van der Waals surface area contributed by atoms with Crippen LogP contribution in [0.25, 0.3) is 0 Å². The SMILES string of the molecule is CCNC(=NCC1CCCN(C)C1)NC1CCN(C(=O)C2CCCC2)C1.I. The number of likely N-dealkylation sites (tertiary alicyclic amines) is 2. The molecule has 2 atom stereocenters. The molecule has 0 aromatic heterocycles. The number of rotatable bonds is 5. The van der Waals surface area contributed by atoms with Gasteiger partial charge in [-0.15, -0.1) is 24.0 Å². The van der Waals surface area contributed by atoms with E-state index >= 15 is 0 Å². The molecular weight excluding hydrogens is 453 g/mol. The number of piperidine rings is 1. The highest BCUT2D eigenvalue weighted by molar-refractivity contribution is 14.0. The fourth-order valence-corrected chi connectivity index (χ4v) is 4.67. The van der Waals surface area contributed by atoms with Crippen LogP contribution in [0.5, 0.6) is 0 Å². The Labute approximate surface area is 181 Å². The van der Waals surface area contributed by atoms with Gasteiger partial charge in [-0.1, -0.05) is 12.8 Å². The number of nitrogens with one attached hydrogen (secondary N) is 2. The van der Waals surface area contributed by atoms with Gasteiger partial charge in [-0.05, 0) is 58.5 Å². The van der Waals surface area contributed by atoms with Crippen LogP contribution >= 0.6 is 24.0 Å². The third kappa shape index (κ3) is 6.76. The summed E-state index contributed by atoms with van der Waals surface area (Å²) in [5.41, 5.74) is 0. The standard InChI is InChI=1S/C20H37N5O.HI/c1-3-21-20(22-13-16-7-6-11-24(2)14-16)23-18-10-12-25(15-18)19(26)17-8-4-5-9-17;/h16-18H,3-15H2,1-2H3,(H2,21,22,23);1H. The zero-order valence-corrected chi connectivity index (χ0v) is 19.4. The van der Waals surface area contributed by atoms with Gasteiger partial charge in [0.1, 0.15) is 0 Å². The lowest BCUT2D eigenvalue weighted by Crippen LogP contribution is -2.46. The van der Waals surface area contributed by atoms with Crippen molar-refractivity contribution < 1.29 is 4.79 Å². The van der Waals surface area contributed by atoms with Crippen LogP contribution in [0.3, 0.4) is 0 Å². The van der Waals surface area contributed by atoms with Crippen molar-refractivity contribution >= 4 is 35.8 Å². The number of carbonyl (C=O) groups excluding carboxylic acids is 1. The minimum atomic E-state index is 0. The molecule has 1 saturated carbocycles. The first-order chi connectivity index (χ1) is 12.7. The first kappa shape index (κ1) is 22.7. The zero-order chi connectivity index (χ0) is 18.4. The highest BCUT2D eigenvalue weighted by Gasteiger charge is 2.32. The van der Waals surface area contributed by atoms with Crippen molar-refractivity contribution in [2.24, 2.45) is 16.8 Å². The first-order valence-electron chi connectivity index (χ1n) is 10.7. The molecule has 1 aliphatic carbocycles. The molecule has 7 heteroatoms. The number of nitrogens with zero attached hydrogens (tertiary/aromatic N) is 3. The molecule has 0 radical (unpaired) electrons. The summed E-state index contributed by atoms with van der Waals surface area (Å²) in [5, 5.41) is 6.96. The Morgan fingerprint density at radius 1 is 1.07 bits per heavy atom. The second-order valence-corrected chi connectivity index (χ2v) is 8.39. The van der Waals surface area contributed by atoms with Crippen molar-refractivity contribution in [3.8, 4) is 0 Å². The fourth-order valence-electron chi connectivity index (χ4n) is 4.67. The molecule has 3 fully saturated rings. The van der Waals surface area contributed by atoms with Crippen LogP contribution in [0.1, 0.15) is 51.9 Å². The predicted molar refractivity (Wildman–Crippen MR) is 122 cm³/mol. The van der Waals surface area contributed by atoms with E-state index in [1.807, 2.05) is 0 Å². The van der Waals surface area contributed by atoms with Crippen molar-refractivity contribution in [2.75, 3.05) is 46.3 Å². The average Bonchev–Trinajstić information content (AvgIpc) is 3.31. The van der Waals surface area contributed by atoms with Crippen LogP contribution in [0.2, 0.25) is 0 Å². The highest BCUT2D eigenvalue weighted by atomic mass is 127. The van der Waals surface area contributed by atoms with Crippen LogP contribution in [-0.4, -0.2) is 74.0 Å². The van der Waals surface area contributed by atoms with Gasteiger partial charge in [-0.2, -0.15) is 0 Å². The number of amides is 1. The second kappa shape index (κ2) is 11.4. The van der Waals surface area contributed by atoms with Gasteiger partial charge >= 0.3 is 0 Å². The van der Waals surface area contributed by atoms with Crippen molar-refractivity contribution in [1.29, 1.82) is 0 Å². The molecule has 2 saturated heterocycles. The summed E-state index contributed by atoms with van der Waals surface area (Å²) in [4.78, 5) is 21.9.